The fourth-order valence-electron chi connectivity index (χ4n) is 1.86. The number of nitrogens with zero attached hydrogens (tertiary/aromatic N) is 3. The van der Waals surface area contributed by atoms with Gasteiger partial charge in [-0.25, -0.2) is 8.42 Å². The van der Waals surface area contributed by atoms with E-state index in [4.69, 9.17) is 0 Å². The lowest BCUT2D eigenvalue weighted by Crippen LogP contribution is -2.51. The van der Waals surface area contributed by atoms with E-state index in [1.54, 1.807) is 7.05 Å². The van der Waals surface area contributed by atoms with Crippen molar-refractivity contribution in [2.75, 3.05) is 19.6 Å². The molecule has 1 aliphatic rings. The lowest BCUT2D eigenvalue weighted by atomic mass is 10.3. The quantitative estimate of drug-likeness (QED) is 0.754. The summed E-state index contributed by atoms with van der Waals surface area (Å²) in [5.41, 5.74) is 0. The summed E-state index contributed by atoms with van der Waals surface area (Å²) in [6.45, 7) is 3.69. The second-order valence-electron chi connectivity index (χ2n) is 4.01. The smallest absolute Gasteiger partial charge is 0.260 e. The average Bonchev–Trinajstić information content (AvgIpc) is 2.65. The Kier molecular flexibility index (Phi) is 3.00. The number of piperazine rings is 1. The van der Waals surface area contributed by atoms with Crippen molar-refractivity contribution >= 4 is 10.0 Å². The molecule has 90 valence electrons. The van der Waals surface area contributed by atoms with E-state index in [0.717, 1.165) is 0 Å². The van der Waals surface area contributed by atoms with Gasteiger partial charge in [-0.15, -0.1) is 0 Å². The van der Waals surface area contributed by atoms with Gasteiger partial charge in [0.25, 0.3) is 10.0 Å². The molecule has 0 bridgehead atoms. The molecule has 16 heavy (non-hydrogen) atoms. The maximum atomic E-state index is 12.3. The zero-order valence-corrected chi connectivity index (χ0v) is 10.2. The van der Waals surface area contributed by atoms with Gasteiger partial charge in [0.05, 0.1) is 6.20 Å². The van der Waals surface area contributed by atoms with E-state index in [1.165, 1.54) is 21.3 Å². The topological polar surface area (TPSA) is 67.2 Å². The molecule has 1 fully saturated rings. The lowest BCUT2D eigenvalue weighted by Gasteiger charge is -2.30. The van der Waals surface area contributed by atoms with Crippen LogP contribution in [0.3, 0.4) is 0 Å². The van der Waals surface area contributed by atoms with E-state index >= 15 is 0 Å². The highest BCUT2D eigenvalue weighted by atomic mass is 32.2. The van der Waals surface area contributed by atoms with Crippen LogP contribution in [0.25, 0.3) is 0 Å². The fourth-order valence-corrected chi connectivity index (χ4v) is 3.49. The number of aryl methyl sites for hydroxylation is 1. The number of sulfonamides is 1. The van der Waals surface area contributed by atoms with E-state index in [9.17, 15) is 8.42 Å². The molecule has 0 aromatic carbocycles. The second kappa shape index (κ2) is 4.15. The summed E-state index contributed by atoms with van der Waals surface area (Å²) in [6, 6.07) is 1.72. The highest BCUT2D eigenvalue weighted by molar-refractivity contribution is 7.89. The van der Waals surface area contributed by atoms with Crippen molar-refractivity contribution in [1.82, 2.24) is 19.4 Å². The first-order valence-corrected chi connectivity index (χ1v) is 6.67. The summed E-state index contributed by atoms with van der Waals surface area (Å²) in [5, 5.41) is 7.36. The molecular weight excluding hydrogens is 228 g/mol. The molecular formula is C9H16N4O2S. The number of rotatable bonds is 2. The maximum absolute atomic E-state index is 12.3. The molecule has 1 saturated heterocycles. The first kappa shape index (κ1) is 11.6. The van der Waals surface area contributed by atoms with Gasteiger partial charge >= 0.3 is 0 Å². The molecule has 1 aliphatic heterocycles. The van der Waals surface area contributed by atoms with E-state index in [0.29, 0.717) is 19.6 Å². The van der Waals surface area contributed by atoms with Crippen molar-refractivity contribution < 1.29 is 8.42 Å². The van der Waals surface area contributed by atoms with Crippen molar-refractivity contribution in [2.45, 2.75) is 18.0 Å². The Hall–Kier alpha value is -0.920. The van der Waals surface area contributed by atoms with Gasteiger partial charge in [-0.3, -0.25) is 4.68 Å². The summed E-state index contributed by atoms with van der Waals surface area (Å²) in [7, 11) is -1.75. The zero-order valence-electron chi connectivity index (χ0n) is 9.42. The average molecular weight is 244 g/mol. The molecule has 0 saturated carbocycles. The van der Waals surface area contributed by atoms with Crippen LogP contribution < -0.4 is 5.32 Å². The van der Waals surface area contributed by atoms with Crippen LogP contribution in [0.1, 0.15) is 6.92 Å². The molecule has 1 aromatic heterocycles. The highest BCUT2D eigenvalue weighted by Crippen LogP contribution is 2.15. The Morgan fingerprint density at radius 2 is 2.31 bits per heavy atom. The van der Waals surface area contributed by atoms with E-state index in [-0.39, 0.29) is 11.1 Å². The van der Waals surface area contributed by atoms with Crippen LogP contribution >= 0.6 is 0 Å². The molecule has 0 amide bonds. The van der Waals surface area contributed by atoms with Gasteiger partial charge in [0, 0.05) is 32.7 Å². The maximum Gasteiger partial charge on any atom is 0.260 e. The Labute approximate surface area is 95.3 Å². The predicted molar refractivity (Wildman–Crippen MR) is 59.4 cm³/mol. The third kappa shape index (κ3) is 1.98. The molecule has 1 atom stereocenters. The van der Waals surface area contributed by atoms with Gasteiger partial charge in [0.1, 0.15) is 0 Å². The van der Waals surface area contributed by atoms with E-state index < -0.39 is 10.0 Å². The molecule has 1 aromatic rings. The van der Waals surface area contributed by atoms with Crippen LogP contribution in [0.2, 0.25) is 0 Å². The van der Waals surface area contributed by atoms with Crippen molar-refractivity contribution in [3.8, 4) is 0 Å². The van der Waals surface area contributed by atoms with Gasteiger partial charge in [-0.1, -0.05) is 0 Å². The molecule has 0 spiro atoms. The van der Waals surface area contributed by atoms with Gasteiger partial charge in [-0.2, -0.15) is 9.40 Å². The first-order valence-electron chi connectivity index (χ1n) is 5.23. The normalized spacial score (nSPS) is 23.5. The third-order valence-corrected chi connectivity index (χ3v) is 4.65. The summed E-state index contributed by atoms with van der Waals surface area (Å²) < 4.78 is 27.4. The number of aromatic nitrogens is 2. The summed E-state index contributed by atoms with van der Waals surface area (Å²) >= 11 is 0. The Balaban J connectivity index is 2.29. The summed E-state index contributed by atoms with van der Waals surface area (Å²) in [6.07, 6.45) is 1.50. The van der Waals surface area contributed by atoms with Crippen LogP contribution in [0, 0.1) is 0 Å². The van der Waals surface area contributed by atoms with Gasteiger partial charge in [0.15, 0.2) is 5.03 Å². The first-order chi connectivity index (χ1) is 7.51. The minimum atomic E-state index is -3.39. The Morgan fingerprint density at radius 1 is 1.56 bits per heavy atom. The minimum absolute atomic E-state index is 0.191. The van der Waals surface area contributed by atoms with Crippen molar-refractivity contribution in [2.24, 2.45) is 7.05 Å². The molecule has 1 N–H and O–H groups in total. The lowest BCUT2D eigenvalue weighted by molar-refractivity contribution is 0.308. The largest absolute Gasteiger partial charge is 0.312 e. The van der Waals surface area contributed by atoms with Crippen LogP contribution in [0.5, 0.6) is 0 Å². The Bertz CT molecular complexity index is 468. The van der Waals surface area contributed by atoms with Crippen molar-refractivity contribution in [1.29, 1.82) is 0 Å². The number of hydrogen-bond donors (Lipinski definition) is 1. The number of nitrogens with one attached hydrogen (secondary N) is 1. The molecule has 2 heterocycles. The predicted octanol–water partition coefficient (Wildman–Crippen LogP) is -0.597. The van der Waals surface area contributed by atoms with Crippen LogP contribution in [0.15, 0.2) is 17.3 Å². The highest BCUT2D eigenvalue weighted by Gasteiger charge is 2.30. The van der Waals surface area contributed by atoms with Gasteiger partial charge < -0.3 is 5.32 Å². The SMILES string of the molecule is CC1CN(S(=O)(=O)c2ccnn2C)CCN1. The summed E-state index contributed by atoms with van der Waals surface area (Å²) in [5.74, 6) is 0. The standard InChI is InChI=1S/C9H16N4O2S/c1-8-7-13(6-5-10-8)16(14,15)9-3-4-11-12(9)2/h3-4,8,10H,5-7H2,1-2H3. The molecule has 0 radical (unpaired) electrons. The zero-order chi connectivity index (χ0) is 11.8. The van der Waals surface area contributed by atoms with Crippen LogP contribution in [0.4, 0.5) is 0 Å². The molecule has 0 aliphatic carbocycles. The summed E-state index contributed by atoms with van der Waals surface area (Å²) in [4.78, 5) is 0. The number of hydrogen-bond acceptors (Lipinski definition) is 4. The molecule has 6 nitrogen and oxygen atoms in total. The van der Waals surface area contributed by atoms with E-state index in [1.807, 2.05) is 6.92 Å². The third-order valence-electron chi connectivity index (χ3n) is 2.71. The molecule has 7 heteroatoms. The molecule has 2 rings (SSSR count). The minimum Gasteiger partial charge on any atom is -0.312 e. The Morgan fingerprint density at radius 3 is 2.88 bits per heavy atom. The van der Waals surface area contributed by atoms with Crippen LogP contribution in [-0.4, -0.2) is 48.2 Å². The van der Waals surface area contributed by atoms with Crippen molar-refractivity contribution in [3.63, 3.8) is 0 Å². The fraction of sp³-hybridized carbons (Fsp3) is 0.667. The molecule has 1 unspecified atom stereocenters. The van der Waals surface area contributed by atoms with Gasteiger partial charge in [-0.05, 0) is 13.0 Å². The van der Waals surface area contributed by atoms with Crippen LogP contribution in [-0.2, 0) is 17.1 Å². The van der Waals surface area contributed by atoms with Crippen molar-refractivity contribution in [3.05, 3.63) is 12.3 Å². The monoisotopic (exact) mass is 244 g/mol. The second-order valence-corrected chi connectivity index (χ2v) is 5.90. The van der Waals surface area contributed by atoms with Gasteiger partial charge in [0.2, 0.25) is 0 Å². The van der Waals surface area contributed by atoms with E-state index in [2.05, 4.69) is 10.4 Å².